The third-order valence-corrected chi connectivity index (χ3v) is 7.70. The molecule has 0 spiro atoms. The highest BCUT2D eigenvalue weighted by atomic mass is 32.1. The average Bonchev–Trinajstić information content (AvgIpc) is 3.44. The molecule has 5 rings (SSSR count). The lowest BCUT2D eigenvalue weighted by atomic mass is 10.0. The molecule has 0 radical (unpaired) electrons. The molecule has 1 fully saturated rings. The number of piperazine rings is 1. The van der Waals surface area contributed by atoms with Gasteiger partial charge in [0.25, 0.3) is 0 Å². The van der Waals surface area contributed by atoms with Gasteiger partial charge in [0.15, 0.2) is 5.82 Å². The number of anilines is 1. The van der Waals surface area contributed by atoms with Gasteiger partial charge in [0, 0.05) is 38.3 Å². The minimum atomic E-state index is -0.0394. The third-order valence-electron chi connectivity index (χ3n) is 6.63. The van der Waals surface area contributed by atoms with Crippen molar-refractivity contribution < 1.29 is 9.84 Å². The van der Waals surface area contributed by atoms with Gasteiger partial charge in [0.05, 0.1) is 18.0 Å². The summed E-state index contributed by atoms with van der Waals surface area (Å²) in [5.74, 6) is 1.83. The van der Waals surface area contributed by atoms with Gasteiger partial charge in [-0.3, -0.25) is 4.90 Å². The minimum Gasteiger partial charge on any atom is -0.497 e. The van der Waals surface area contributed by atoms with Gasteiger partial charge in [-0.2, -0.15) is 4.52 Å². The first-order valence-electron chi connectivity index (χ1n) is 11.9. The molecule has 1 aliphatic rings. The van der Waals surface area contributed by atoms with E-state index in [1.54, 1.807) is 11.6 Å². The van der Waals surface area contributed by atoms with E-state index in [9.17, 15) is 5.11 Å². The molecule has 7 nitrogen and oxygen atoms in total. The van der Waals surface area contributed by atoms with E-state index in [1.807, 2.05) is 19.1 Å². The molecular weight excluding hydrogens is 446 g/mol. The maximum absolute atomic E-state index is 11.2. The van der Waals surface area contributed by atoms with Crippen molar-refractivity contribution >= 4 is 22.0 Å². The van der Waals surface area contributed by atoms with E-state index in [4.69, 9.17) is 4.74 Å². The molecule has 34 heavy (non-hydrogen) atoms. The number of hydrogen-bond donors (Lipinski definition) is 1. The van der Waals surface area contributed by atoms with Gasteiger partial charge < -0.3 is 14.7 Å². The number of nitrogens with zero attached hydrogens (tertiary/aromatic N) is 5. The molecule has 0 amide bonds. The van der Waals surface area contributed by atoms with E-state index in [0.29, 0.717) is 0 Å². The number of thiazole rings is 1. The molecule has 1 atom stereocenters. The summed E-state index contributed by atoms with van der Waals surface area (Å²) in [7, 11) is 1.69. The first-order valence-corrected chi connectivity index (χ1v) is 12.7. The normalized spacial score (nSPS) is 15.7. The van der Waals surface area contributed by atoms with Crippen molar-refractivity contribution in [2.24, 2.45) is 0 Å². The molecule has 0 aliphatic carbocycles. The lowest BCUT2D eigenvalue weighted by Gasteiger charge is -2.40. The Morgan fingerprint density at radius 1 is 0.971 bits per heavy atom. The van der Waals surface area contributed by atoms with E-state index in [1.165, 1.54) is 28.2 Å². The second kappa shape index (κ2) is 9.64. The van der Waals surface area contributed by atoms with Crippen molar-refractivity contribution in [2.75, 3.05) is 38.2 Å². The van der Waals surface area contributed by atoms with Crippen molar-refractivity contribution in [3.8, 4) is 11.6 Å². The molecule has 1 saturated heterocycles. The van der Waals surface area contributed by atoms with Gasteiger partial charge in [-0.25, -0.2) is 4.98 Å². The molecular formula is C26H31N5O2S. The molecule has 3 heterocycles. The highest BCUT2D eigenvalue weighted by Gasteiger charge is 2.31. The van der Waals surface area contributed by atoms with Crippen molar-refractivity contribution in [3.63, 3.8) is 0 Å². The second-order valence-corrected chi connectivity index (χ2v) is 9.59. The quantitative estimate of drug-likeness (QED) is 0.422. The van der Waals surface area contributed by atoms with Crippen LogP contribution in [0, 0.1) is 0 Å². The van der Waals surface area contributed by atoms with Crippen molar-refractivity contribution in [1.82, 2.24) is 19.5 Å². The van der Waals surface area contributed by atoms with Crippen LogP contribution in [0.2, 0.25) is 0 Å². The van der Waals surface area contributed by atoms with Crippen LogP contribution >= 0.6 is 11.3 Å². The maximum atomic E-state index is 11.2. The zero-order valence-corrected chi connectivity index (χ0v) is 20.8. The fraction of sp³-hybridized carbons (Fsp3) is 0.385. The van der Waals surface area contributed by atoms with E-state index < -0.39 is 0 Å². The van der Waals surface area contributed by atoms with Gasteiger partial charge >= 0.3 is 0 Å². The number of rotatable bonds is 7. The molecule has 2 aromatic carbocycles. The smallest absolute Gasteiger partial charge is 0.230 e. The van der Waals surface area contributed by atoms with Crippen molar-refractivity contribution in [1.29, 1.82) is 0 Å². The van der Waals surface area contributed by atoms with Crippen molar-refractivity contribution in [2.45, 2.75) is 32.7 Å². The Kier molecular flexibility index (Phi) is 6.43. The fourth-order valence-electron chi connectivity index (χ4n) is 4.61. The molecule has 2 aromatic heterocycles. The van der Waals surface area contributed by atoms with Gasteiger partial charge in [-0.05, 0) is 41.8 Å². The first kappa shape index (κ1) is 22.7. The largest absolute Gasteiger partial charge is 0.497 e. The fourth-order valence-corrected chi connectivity index (χ4v) is 5.75. The number of aromatic hydroxyl groups is 1. The Balaban J connectivity index is 1.44. The van der Waals surface area contributed by atoms with E-state index >= 15 is 0 Å². The van der Waals surface area contributed by atoms with E-state index in [0.717, 1.165) is 60.4 Å². The Bertz CT molecular complexity index is 1240. The summed E-state index contributed by atoms with van der Waals surface area (Å²) >= 11 is 1.54. The number of hydrogen-bond acceptors (Lipinski definition) is 7. The molecule has 1 N–H and O–H groups in total. The third kappa shape index (κ3) is 4.23. The SMILES string of the molecule is CCc1ccc([C@@H](c2sc3nc(CC)nn3c2O)N2CCN(c3ccc(OC)cc3)CC2)cc1. The van der Waals surface area contributed by atoms with Crippen LogP contribution in [0.4, 0.5) is 5.69 Å². The predicted molar refractivity (Wildman–Crippen MR) is 136 cm³/mol. The topological polar surface area (TPSA) is 66.1 Å². The van der Waals surface area contributed by atoms with Crippen LogP contribution in [0.5, 0.6) is 11.6 Å². The zero-order valence-electron chi connectivity index (χ0n) is 19.9. The lowest BCUT2D eigenvalue weighted by Crippen LogP contribution is -2.47. The number of aryl methyl sites for hydroxylation is 2. The van der Waals surface area contributed by atoms with Crippen molar-refractivity contribution in [3.05, 3.63) is 70.4 Å². The Morgan fingerprint density at radius 2 is 1.68 bits per heavy atom. The summed E-state index contributed by atoms with van der Waals surface area (Å²) in [4.78, 5) is 11.1. The van der Waals surface area contributed by atoms with Crippen LogP contribution in [0.1, 0.15) is 41.7 Å². The standard InChI is InChI=1S/C26H31N5O2S/c1-4-18-6-8-19(9-7-18)23(24-25(32)31-26(34-24)27-22(5-2)28-31)30-16-14-29(15-17-30)20-10-12-21(33-3)13-11-20/h6-13,23,32H,4-5,14-17H2,1-3H3/t23-/m0/s1. The highest BCUT2D eigenvalue weighted by Crippen LogP contribution is 2.40. The summed E-state index contributed by atoms with van der Waals surface area (Å²) < 4.78 is 6.90. The van der Waals surface area contributed by atoms with Crippen LogP contribution in [0.15, 0.2) is 48.5 Å². The monoisotopic (exact) mass is 477 g/mol. The number of benzene rings is 2. The molecule has 178 valence electrons. The van der Waals surface area contributed by atoms with Crippen LogP contribution in [0.3, 0.4) is 0 Å². The number of methoxy groups -OCH3 is 1. The summed E-state index contributed by atoms with van der Waals surface area (Å²) in [5, 5.41) is 15.7. The lowest BCUT2D eigenvalue weighted by molar-refractivity contribution is 0.211. The Morgan fingerprint density at radius 3 is 2.26 bits per heavy atom. The Hall–Kier alpha value is -3.10. The van der Waals surface area contributed by atoms with Crippen LogP contribution < -0.4 is 9.64 Å². The number of aromatic nitrogens is 3. The summed E-state index contributed by atoms with van der Waals surface area (Å²) in [6.07, 6.45) is 1.76. The zero-order chi connectivity index (χ0) is 23.7. The first-order chi connectivity index (χ1) is 16.6. The molecule has 4 aromatic rings. The highest BCUT2D eigenvalue weighted by molar-refractivity contribution is 7.17. The van der Waals surface area contributed by atoms with E-state index in [-0.39, 0.29) is 11.9 Å². The molecule has 0 unspecified atom stereocenters. The van der Waals surface area contributed by atoms with Crippen LogP contribution in [-0.2, 0) is 12.8 Å². The number of fused-ring (bicyclic) bond motifs is 1. The van der Waals surface area contributed by atoms with Gasteiger partial charge in [0.1, 0.15) is 5.75 Å². The average molecular weight is 478 g/mol. The van der Waals surface area contributed by atoms with Gasteiger partial charge in [-0.15, -0.1) is 5.10 Å². The van der Waals surface area contributed by atoms with E-state index in [2.05, 4.69) is 63.2 Å². The summed E-state index contributed by atoms with van der Waals surface area (Å²) in [6.45, 7) is 7.80. The molecule has 0 bridgehead atoms. The van der Waals surface area contributed by atoms with Crippen LogP contribution in [-0.4, -0.2) is 57.9 Å². The molecule has 1 aliphatic heterocycles. The maximum Gasteiger partial charge on any atom is 0.230 e. The van der Waals surface area contributed by atoms with Gasteiger partial charge in [-0.1, -0.05) is 49.4 Å². The minimum absolute atomic E-state index is 0.0394. The molecule has 0 saturated carbocycles. The summed E-state index contributed by atoms with van der Waals surface area (Å²) in [6, 6.07) is 17.0. The number of ether oxygens (including phenoxy) is 1. The Labute approximate surface area is 204 Å². The summed E-state index contributed by atoms with van der Waals surface area (Å²) in [5.41, 5.74) is 3.70. The van der Waals surface area contributed by atoms with Gasteiger partial charge in [0.2, 0.25) is 10.8 Å². The van der Waals surface area contributed by atoms with Crippen LogP contribution in [0.25, 0.3) is 4.96 Å². The molecule has 8 heteroatoms. The second-order valence-electron chi connectivity index (χ2n) is 8.58. The predicted octanol–water partition coefficient (Wildman–Crippen LogP) is 4.54.